The van der Waals surface area contributed by atoms with Gasteiger partial charge in [-0.25, -0.2) is 4.79 Å². The highest BCUT2D eigenvalue weighted by Crippen LogP contribution is 2.43. The lowest BCUT2D eigenvalue weighted by atomic mass is 9.99. The van der Waals surface area contributed by atoms with Crippen LogP contribution < -0.4 is 4.90 Å². The Labute approximate surface area is 150 Å². The Hall–Kier alpha value is -3.34. The van der Waals surface area contributed by atoms with E-state index in [1.165, 1.54) is 0 Å². The highest BCUT2D eigenvalue weighted by Gasteiger charge is 2.36. The maximum absolute atomic E-state index is 12.8. The van der Waals surface area contributed by atoms with Crippen molar-refractivity contribution in [1.29, 1.82) is 0 Å². The van der Waals surface area contributed by atoms with Crippen LogP contribution in [0.5, 0.6) is 0 Å². The number of nitrogens with zero attached hydrogens (tertiary/aromatic N) is 1. The third kappa shape index (κ3) is 2.58. The first-order chi connectivity index (χ1) is 12.6. The molecule has 0 aliphatic carbocycles. The number of aliphatic carboxylic acids is 1. The molecule has 5 heteroatoms. The summed E-state index contributed by atoms with van der Waals surface area (Å²) in [6.07, 6.45) is 2.72. The number of aryl methyl sites for hydroxylation is 1. The van der Waals surface area contributed by atoms with E-state index in [4.69, 9.17) is 5.11 Å². The summed E-state index contributed by atoms with van der Waals surface area (Å²) < 4.78 is 0. The van der Waals surface area contributed by atoms with Crippen LogP contribution in [0.15, 0.2) is 60.7 Å². The predicted octanol–water partition coefficient (Wildman–Crippen LogP) is 3.75. The van der Waals surface area contributed by atoms with Crippen LogP contribution >= 0.6 is 0 Å². The van der Waals surface area contributed by atoms with Gasteiger partial charge in [0, 0.05) is 40.0 Å². The number of carbonyl (C=O) groups excluding carboxylic acids is 1. The number of H-pyrrole nitrogens is 1. The van der Waals surface area contributed by atoms with E-state index in [1.807, 2.05) is 55.5 Å². The van der Waals surface area contributed by atoms with E-state index in [9.17, 15) is 9.59 Å². The predicted molar refractivity (Wildman–Crippen MR) is 100 cm³/mol. The first-order valence-electron chi connectivity index (χ1n) is 8.45. The second-order valence-corrected chi connectivity index (χ2v) is 6.44. The van der Waals surface area contributed by atoms with Gasteiger partial charge in [0.1, 0.15) is 0 Å². The van der Waals surface area contributed by atoms with Crippen molar-refractivity contribution >= 4 is 28.5 Å². The van der Waals surface area contributed by atoms with Crippen molar-refractivity contribution in [2.24, 2.45) is 0 Å². The molecule has 1 amide bonds. The number of carbonyl (C=O) groups is 2. The highest BCUT2D eigenvalue weighted by molar-refractivity contribution is 6.06. The smallest absolute Gasteiger partial charge is 0.328 e. The average molecular weight is 346 g/mol. The minimum atomic E-state index is -1.13. The summed E-state index contributed by atoms with van der Waals surface area (Å²) in [5.74, 6) is -1.46. The lowest BCUT2D eigenvalue weighted by molar-refractivity contribution is -0.131. The molecule has 0 saturated carbocycles. The van der Waals surface area contributed by atoms with E-state index in [2.05, 4.69) is 4.98 Å². The fraction of sp³-hybridized carbons (Fsp3) is 0.143. The van der Waals surface area contributed by atoms with Gasteiger partial charge in [0.15, 0.2) is 0 Å². The van der Waals surface area contributed by atoms with E-state index in [-0.39, 0.29) is 11.9 Å². The summed E-state index contributed by atoms with van der Waals surface area (Å²) >= 11 is 0. The number of rotatable bonds is 3. The SMILES string of the molecule is Cc1[nH]c2ccccc2c1C1Cc2ccccc2N1C(=O)/C=C\C(=O)O. The maximum Gasteiger partial charge on any atom is 0.328 e. The highest BCUT2D eigenvalue weighted by atomic mass is 16.4. The van der Waals surface area contributed by atoms with Gasteiger partial charge in [-0.15, -0.1) is 0 Å². The minimum Gasteiger partial charge on any atom is -0.478 e. The number of para-hydroxylation sites is 2. The molecular weight excluding hydrogens is 328 g/mol. The number of aromatic nitrogens is 1. The third-order valence-electron chi connectivity index (χ3n) is 4.86. The minimum absolute atomic E-state index is 0.172. The average Bonchev–Trinajstić information content (AvgIpc) is 3.15. The number of nitrogens with one attached hydrogen (secondary N) is 1. The molecule has 0 fully saturated rings. The van der Waals surface area contributed by atoms with Crippen molar-refractivity contribution in [2.45, 2.75) is 19.4 Å². The van der Waals surface area contributed by atoms with Crippen LogP contribution in [0.1, 0.15) is 22.9 Å². The van der Waals surface area contributed by atoms with Gasteiger partial charge in [-0.3, -0.25) is 4.79 Å². The van der Waals surface area contributed by atoms with Crippen molar-refractivity contribution in [3.8, 4) is 0 Å². The van der Waals surface area contributed by atoms with Crippen LogP contribution in [0, 0.1) is 6.92 Å². The van der Waals surface area contributed by atoms with Gasteiger partial charge in [-0.05, 0) is 31.0 Å². The molecular formula is C21H18N2O3. The molecule has 0 spiro atoms. The summed E-state index contributed by atoms with van der Waals surface area (Å²) in [5.41, 5.74) is 5.05. The van der Waals surface area contributed by atoms with Crippen LogP contribution in [0.25, 0.3) is 10.9 Å². The van der Waals surface area contributed by atoms with E-state index in [0.717, 1.165) is 45.6 Å². The Morgan fingerprint density at radius 2 is 1.85 bits per heavy atom. The van der Waals surface area contributed by atoms with Crippen LogP contribution in [-0.4, -0.2) is 22.0 Å². The largest absolute Gasteiger partial charge is 0.478 e. The number of anilines is 1. The second-order valence-electron chi connectivity index (χ2n) is 6.44. The fourth-order valence-corrected chi connectivity index (χ4v) is 3.84. The van der Waals surface area contributed by atoms with Crippen LogP contribution in [0.2, 0.25) is 0 Å². The number of amides is 1. The Morgan fingerprint density at radius 3 is 2.65 bits per heavy atom. The van der Waals surface area contributed by atoms with E-state index in [0.29, 0.717) is 6.42 Å². The number of benzene rings is 2. The number of hydrogen-bond donors (Lipinski definition) is 2. The number of carboxylic acid groups (broad SMARTS) is 1. The van der Waals surface area contributed by atoms with Crippen LogP contribution in [0.4, 0.5) is 5.69 Å². The quantitative estimate of drug-likeness (QED) is 0.710. The summed E-state index contributed by atoms with van der Waals surface area (Å²) in [5, 5.41) is 9.96. The third-order valence-corrected chi connectivity index (χ3v) is 4.86. The van der Waals surface area contributed by atoms with Gasteiger partial charge in [-0.2, -0.15) is 0 Å². The van der Waals surface area contributed by atoms with Crippen molar-refractivity contribution in [2.75, 3.05) is 4.90 Å². The van der Waals surface area contributed by atoms with Gasteiger partial charge < -0.3 is 15.0 Å². The molecule has 2 heterocycles. The number of aromatic amines is 1. The Bertz CT molecular complexity index is 1050. The molecule has 5 nitrogen and oxygen atoms in total. The van der Waals surface area contributed by atoms with Gasteiger partial charge in [0.05, 0.1) is 6.04 Å². The normalized spacial score (nSPS) is 16.3. The van der Waals surface area contributed by atoms with Gasteiger partial charge >= 0.3 is 5.97 Å². The zero-order valence-corrected chi connectivity index (χ0v) is 14.3. The summed E-state index contributed by atoms with van der Waals surface area (Å²) in [6, 6.07) is 15.6. The lowest BCUT2D eigenvalue weighted by Crippen LogP contribution is -2.31. The molecule has 130 valence electrons. The van der Waals surface area contributed by atoms with Crippen molar-refractivity contribution < 1.29 is 14.7 Å². The topological polar surface area (TPSA) is 73.4 Å². The van der Waals surface area contributed by atoms with E-state index >= 15 is 0 Å². The van der Waals surface area contributed by atoms with Gasteiger partial charge in [0.25, 0.3) is 5.91 Å². The maximum atomic E-state index is 12.8. The lowest BCUT2D eigenvalue weighted by Gasteiger charge is -2.25. The number of hydrogen-bond acceptors (Lipinski definition) is 2. The number of fused-ring (bicyclic) bond motifs is 2. The first kappa shape index (κ1) is 16.1. The zero-order valence-electron chi connectivity index (χ0n) is 14.3. The van der Waals surface area contributed by atoms with Crippen molar-refractivity contribution in [1.82, 2.24) is 4.98 Å². The Morgan fingerprint density at radius 1 is 1.12 bits per heavy atom. The molecule has 1 unspecified atom stereocenters. The summed E-state index contributed by atoms with van der Waals surface area (Å²) in [7, 11) is 0. The molecule has 0 bridgehead atoms. The van der Waals surface area contributed by atoms with Crippen molar-refractivity contribution in [3.63, 3.8) is 0 Å². The van der Waals surface area contributed by atoms with E-state index in [1.54, 1.807) is 4.90 Å². The Balaban J connectivity index is 1.85. The molecule has 1 atom stereocenters. The van der Waals surface area contributed by atoms with Crippen LogP contribution in [0.3, 0.4) is 0 Å². The zero-order chi connectivity index (χ0) is 18.3. The monoisotopic (exact) mass is 346 g/mol. The molecule has 1 aliphatic heterocycles. The molecule has 0 radical (unpaired) electrons. The standard InChI is InChI=1S/C21H18N2O3/c1-13-21(15-7-3-4-8-16(15)22-13)18-12-14-6-2-5-9-17(14)23(18)19(24)10-11-20(25)26/h2-11,18,22H,12H2,1H3,(H,25,26)/b11-10-. The first-order valence-corrected chi connectivity index (χ1v) is 8.45. The Kier molecular flexibility index (Phi) is 3.84. The summed E-state index contributed by atoms with van der Waals surface area (Å²) in [6.45, 7) is 2.01. The molecule has 4 rings (SSSR count). The fourth-order valence-electron chi connectivity index (χ4n) is 3.84. The molecule has 3 aromatic rings. The van der Waals surface area contributed by atoms with Crippen molar-refractivity contribution in [3.05, 3.63) is 77.5 Å². The van der Waals surface area contributed by atoms with Crippen LogP contribution in [-0.2, 0) is 16.0 Å². The molecule has 1 aromatic heterocycles. The van der Waals surface area contributed by atoms with E-state index < -0.39 is 5.97 Å². The molecule has 1 aliphatic rings. The molecule has 2 N–H and O–H groups in total. The van der Waals surface area contributed by atoms with Gasteiger partial charge in [0.2, 0.25) is 0 Å². The number of carboxylic acids is 1. The second kappa shape index (κ2) is 6.19. The van der Waals surface area contributed by atoms with Gasteiger partial charge in [-0.1, -0.05) is 36.4 Å². The molecule has 0 saturated heterocycles. The molecule has 26 heavy (non-hydrogen) atoms. The molecule has 2 aromatic carbocycles. The summed E-state index contributed by atoms with van der Waals surface area (Å²) in [4.78, 5) is 28.8.